The van der Waals surface area contributed by atoms with Gasteiger partial charge in [-0.15, -0.1) is 23.5 Å². The molecule has 9 rings (SSSR count). The number of phenols is 1. The van der Waals surface area contributed by atoms with Gasteiger partial charge in [0.2, 0.25) is 88.6 Å². The number of carbonyl (C=O) groups is 17. The fraction of sp³-hybridized carbons (Fsp3) is 0.456. The van der Waals surface area contributed by atoms with Gasteiger partial charge in [-0.3, -0.25) is 81.5 Å². The Balaban J connectivity index is 1.13. The maximum Gasteiger partial charge on any atom is 0.303 e. The summed E-state index contributed by atoms with van der Waals surface area (Å²) in [6, 6.07) is 7.42. The number of benzene rings is 5. The molecule has 16 N–H and O–H groups in total. The van der Waals surface area contributed by atoms with Crippen LogP contribution in [0.5, 0.6) is 5.75 Å². The SMILES string of the molecule is CCCC[C@H]1C(=O)N2C[C@H](O)C[C@@H]2C(=O)N[C@@H](COC=O)C(=O)N[C@@H](C(C)C)C(=O)N(C)[C@@H](Cc2ccccc2)C(=O)N[C@@H](CCC(=O)O)C(=O)N2CSC[C@@H]2C(=O)N[C@@H](Cc2c[nH]c3ccccc23)C(=O)N[C@@H](Cc2ccc(O)cc2)C(=O)N[C@@H](CCO)C(=O)N[C@H](C(=O)NCC(N)=O)CSCC(=O)N[C@@H](Cc2cc(F)c(F)c(F)c2)C(=O)N(C)[C@@H](Cc2ccccc2)C(=O)N1C. The minimum absolute atomic E-state index is 0.0439. The van der Waals surface area contributed by atoms with Gasteiger partial charge in [0, 0.05) is 108 Å². The number of phenolic OH excluding ortho intramolecular Hbond substituents is 1. The van der Waals surface area contributed by atoms with Crippen molar-refractivity contribution in [1.29, 1.82) is 0 Å². The van der Waals surface area contributed by atoms with Gasteiger partial charge in [0.1, 0.15) is 90.9 Å². The molecule has 43 heteroatoms. The number of aliphatic carboxylic acids is 1. The Labute approximate surface area is 772 Å². The van der Waals surface area contributed by atoms with Crippen molar-refractivity contribution in [3.63, 3.8) is 0 Å². The number of unbranched alkanes of at least 4 members (excludes halogenated alkanes) is 1. The third-order valence-corrected chi connectivity index (χ3v) is 25.0. The lowest BCUT2D eigenvalue weighted by molar-refractivity contribution is -0.152. The van der Waals surface area contributed by atoms with Gasteiger partial charge in [-0.2, -0.15) is 0 Å². The van der Waals surface area contributed by atoms with Gasteiger partial charge >= 0.3 is 5.97 Å². The minimum atomic E-state index is -1.92. The summed E-state index contributed by atoms with van der Waals surface area (Å²) in [5.74, 6) is -25.4. The number of nitrogens with two attached hydrogens (primary N) is 1. The van der Waals surface area contributed by atoms with Crippen molar-refractivity contribution in [2.45, 2.75) is 182 Å². The van der Waals surface area contributed by atoms with E-state index >= 15 is 51.9 Å². The number of aromatic amines is 1. The molecule has 3 fully saturated rings. The smallest absolute Gasteiger partial charge is 0.303 e. The van der Waals surface area contributed by atoms with E-state index in [9.17, 15) is 63.2 Å². The Bertz CT molecular complexity index is 5160. The van der Waals surface area contributed by atoms with Crippen LogP contribution in [0.25, 0.3) is 10.9 Å². The van der Waals surface area contributed by atoms with E-state index in [1.807, 2.05) is 0 Å². The van der Waals surface area contributed by atoms with Gasteiger partial charge in [-0.05, 0) is 83.3 Å². The molecule has 38 nitrogen and oxygen atoms in total. The van der Waals surface area contributed by atoms with Crippen LogP contribution in [0.3, 0.4) is 0 Å². The topological polar surface area (TPSA) is 547 Å². The molecule has 15 amide bonds. The second-order valence-electron chi connectivity index (χ2n) is 32.9. The monoisotopic (exact) mass is 1890 g/mol. The first-order valence-electron chi connectivity index (χ1n) is 43.0. The van der Waals surface area contributed by atoms with Crippen LogP contribution in [-0.4, -0.2) is 306 Å². The van der Waals surface area contributed by atoms with Gasteiger partial charge in [0.05, 0.1) is 24.3 Å². The van der Waals surface area contributed by atoms with Crippen molar-refractivity contribution in [3.8, 4) is 5.75 Å². The molecule has 4 heterocycles. The molecule has 14 atom stereocenters. The van der Waals surface area contributed by atoms with E-state index in [4.69, 9.17) is 10.5 Å². The number of hydrogen-bond donors (Lipinski definition) is 15. The number of para-hydroxylation sites is 1. The van der Waals surface area contributed by atoms with E-state index in [1.165, 1.54) is 52.2 Å². The number of aromatic hydroxyl groups is 1. The zero-order chi connectivity index (χ0) is 97.0. The zero-order valence-corrected chi connectivity index (χ0v) is 75.5. The average molecular weight is 1890 g/mol. The number of carbonyl (C=O) groups excluding carboxylic acids is 16. The number of rotatable bonds is 25. The number of aliphatic hydroxyl groups is 2. The first kappa shape index (κ1) is 104. The number of halogens is 3. The number of carboxylic acid groups (broad SMARTS) is 1. The number of ether oxygens (including phenoxy) is 1. The van der Waals surface area contributed by atoms with Crippen LogP contribution >= 0.6 is 23.5 Å². The number of primary amides is 1. The van der Waals surface area contributed by atoms with Gasteiger partial charge in [0.15, 0.2) is 17.5 Å². The molecule has 1 aromatic heterocycles. The van der Waals surface area contributed by atoms with Crippen LogP contribution in [-0.2, 0) is 118 Å². The number of nitrogens with one attached hydrogen (secondary N) is 10. The highest BCUT2D eigenvalue weighted by molar-refractivity contribution is 8.00. The Hall–Kier alpha value is -13.2. The summed E-state index contributed by atoms with van der Waals surface area (Å²) < 4.78 is 50.1. The number of aromatic nitrogens is 1. The minimum Gasteiger partial charge on any atom is -0.508 e. The normalized spacial score (nSPS) is 24.1. The molecular formula is C90H111F3N16O22S2. The quantitative estimate of drug-likeness (QED) is 0.0257. The summed E-state index contributed by atoms with van der Waals surface area (Å²) in [5, 5.41) is 65.8. The Morgan fingerprint density at radius 1 is 0.564 bits per heavy atom. The van der Waals surface area contributed by atoms with Crippen LogP contribution in [0.4, 0.5) is 13.2 Å². The molecule has 0 saturated carbocycles. The lowest BCUT2D eigenvalue weighted by atomic mass is 9.98. The molecule has 3 saturated heterocycles. The standard InChI is InChI=1S/C90H111F3N16O22S2/c1-7-8-23-68-89(129)108-42-56(113)39-70(108)84(124)102-66(43-131-48-111)82(122)104-77(49(2)3)90(130)106(5)69(36-50-17-11-9-12-18-50)83(123)99-62(28-29-75(116)117)87(127)109-47-133-45-72(109)85(125)101-64(38-54-40-95-60-22-16-15-21-57(54)60)81(121)100-63(34-52-24-26-55(112)27-25-52)80(120)98-61(30-31-110)79(119)103-67(78(118)96-41-73(94)114)44-132-46-74(115)97-65(35-53-32-58(91)76(93)59(92)33-53)86(126)107(6)71(88(128)105(68)4)37-51-19-13-10-14-20-51/h9-22,24-27,32-33,40,48-49,56,61-72,77,95,110,112-113H,7-8,23,28-31,34-39,41-47H2,1-6H3,(H2,94,114)(H,96,118)(H,97,115)(H,98,120)(H,99,123)(H,100,121)(H,101,125)(H,102,124)(H,103,119)(H,104,122)(H,116,117)/t56-,61+,62+,63+,64+,65+,66+,67+,68+,69+,70-,71+,72-,77+/m1/s1. The van der Waals surface area contributed by atoms with E-state index in [1.54, 1.807) is 98.0 Å². The fourth-order valence-electron chi connectivity index (χ4n) is 15.7. The number of nitrogens with zero attached hydrogens (tertiary/aromatic N) is 5. The molecule has 0 bridgehead atoms. The third-order valence-electron chi connectivity index (χ3n) is 23.0. The third kappa shape index (κ3) is 28.7. The first-order valence-corrected chi connectivity index (χ1v) is 45.4. The molecule has 3 aliphatic rings. The van der Waals surface area contributed by atoms with Crippen molar-refractivity contribution in [2.24, 2.45) is 11.7 Å². The fourth-order valence-corrected chi connectivity index (χ4v) is 17.7. The van der Waals surface area contributed by atoms with Crippen LogP contribution in [0.1, 0.15) is 93.5 Å². The van der Waals surface area contributed by atoms with E-state index in [-0.39, 0.29) is 61.5 Å². The Morgan fingerprint density at radius 3 is 1.74 bits per heavy atom. The van der Waals surface area contributed by atoms with Crippen LogP contribution < -0.4 is 53.6 Å². The summed E-state index contributed by atoms with van der Waals surface area (Å²) in [6.07, 6.45) is -4.01. The second-order valence-corrected chi connectivity index (χ2v) is 35.0. The van der Waals surface area contributed by atoms with Crippen LogP contribution in [0.15, 0.2) is 128 Å². The first-order chi connectivity index (χ1) is 63.4. The zero-order valence-electron chi connectivity index (χ0n) is 73.9. The Kier molecular flexibility index (Phi) is 38.4. The number of amides is 15. The highest BCUT2D eigenvalue weighted by atomic mass is 32.2. The number of aliphatic hydroxyl groups excluding tert-OH is 2. The number of likely N-dealkylation sites (N-methyl/N-ethyl adjacent to an activating group) is 3. The summed E-state index contributed by atoms with van der Waals surface area (Å²) in [6.45, 7) is 1.66. The maximum atomic E-state index is 15.7. The molecule has 0 radical (unpaired) electrons. The predicted molar refractivity (Wildman–Crippen MR) is 478 cm³/mol. The van der Waals surface area contributed by atoms with Crippen molar-refractivity contribution >= 4 is 135 Å². The average Bonchev–Trinajstić information content (AvgIpc) is 1.38. The highest BCUT2D eigenvalue weighted by Crippen LogP contribution is 2.29. The molecule has 0 aliphatic carbocycles. The predicted octanol–water partition coefficient (Wildman–Crippen LogP) is -0.359. The summed E-state index contributed by atoms with van der Waals surface area (Å²) in [4.78, 5) is 256. The molecule has 716 valence electrons. The number of carboxylic acids is 1. The van der Waals surface area contributed by atoms with Crippen molar-refractivity contribution in [1.82, 2.24) is 77.3 Å². The summed E-state index contributed by atoms with van der Waals surface area (Å²) in [7, 11) is 3.60. The van der Waals surface area contributed by atoms with Gasteiger partial charge < -0.3 is 108 Å². The van der Waals surface area contributed by atoms with Crippen LogP contribution in [0.2, 0.25) is 0 Å². The van der Waals surface area contributed by atoms with Crippen molar-refractivity contribution in [3.05, 3.63) is 173 Å². The van der Waals surface area contributed by atoms with E-state index in [0.29, 0.717) is 57.9 Å². The Morgan fingerprint density at radius 2 is 1.12 bits per heavy atom. The van der Waals surface area contributed by atoms with Crippen molar-refractivity contribution in [2.75, 3.05) is 70.6 Å². The molecule has 133 heavy (non-hydrogen) atoms. The van der Waals surface area contributed by atoms with Gasteiger partial charge in [-0.25, -0.2) is 13.2 Å². The van der Waals surface area contributed by atoms with E-state index in [0.717, 1.165) is 43.3 Å². The highest BCUT2D eigenvalue weighted by Gasteiger charge is 2.48. The number of thioether (sulfide) groups is 2. The summed E-state index contributed by atoms with van der Waals surface area (Å²) in [5.41, 5.74) is 7.19. The molecule has 0 spiro atoms. The molecular weight excluding hydrogens is 1780 g/mol. The maximum absolute atomic E-state index is 15.7. The molecule has 3 aliphatic heterocycles. The lowest BCUT2D eigenvalue weighted by Gasteiger charge is -2.38. The number of fused-ring (bicyclic) bond motifs is 3. The van der Waals surface area contributed by atoms with Crippen molar-refractivity contribution < 1.29 is 120 Å². The van der Waals surface area contributed by atoms with E-state index < -0.39 is 284 Å². The van der Waals surface area contributed by atoms with E-state index in [2.05, 4.69) is 52.8 Å². The van der Waals surface area contributed by atoms with Gasteiger partial charge in [0.25, 0.3) is 6.47 Å². The molecule has 6 aromatic rings. The lowest BCUT2D eigenvalue weighted by Crippen LogP contribution is -2.62. The van der Waals surface area contributed by atoms with Gasteiger partial charge in [-0.1, -0.05) is 125 Å². The molecule has 5 aromatic carbocycles. The van der Waals surface area contributed by atoms with Crippen LogP contribution in [0, 0.1) is 23.4 Å². The largest absolute Gasteiger partial charge is 0.508 e. The number of hydrogen-bond acceptors (Lipinski definition) is 23. The second kappa shape index (κ2) is 49.4. The summed E-state index contributed by atoms with van der Waals surface area (Å²) >= 11 is 1.67. The molecule has 0 unspecified atom stereocenters. The number of H-pyrrole nitrogens is 1.